The Morgan fingerprint density at radius 3 is 2.70 bits per heavy atom. The van der Waals surface area contributed by atoms with Crippen LogP contribution in [0.4, 0.5) is 0 Å². The van der Waals surface area contributed by atoms with Crippen molar-refractivity contribution in [3.8, 4) is 11.4 Å². The first-order valence-electron chi connectivity index (χ1n) is 8.44. The van der Waals surface area contributed by atoms with Crippen molar-refractivity contribution < 1.29 is 9.59 Å². The molecule has 3 aromatic rings. The number of aromatic nitrogens is 2. The normalized spacial score (nSPS) is 11.0. The number of carbonyl (C=O) groups is 2. The van der Waals surface area contributed by atoms with Gasteiger partial charge < -0.3 is 5.32 Å². The smallest absolute Gasteiger partial charge is 0.262 e. The van der Waals surface area contributed by atoms with Crippen LogP contribution in [-0.2, 0) is 11.3 Å². The maximum absolute atomic E-state index is 13.1. The zero-order valence-corrected chi connectivity index (χ0v) is 15.7. The number of fused-ring (bicyclic) bond motifs is 1. The van der Waals surface area contributed by atoms with E-state index in [-0.39, 0.29) is 23.9 Å². The lowest BCUT2D eigenvalue weighted by atomic mass is 10.1. The average molecular weight is 384 g/mol. The molecule has 0 aliphatic carbocycles. The molecule has 138 valence electrons. The molecular formula is C20H18ClN3O3. The van der Waals surface area contributed by atoms with Crippen LogP contribution >= 0.6 is 11.6 Å². The summed E-state index contributed by atoms with van der Waals surface area (Å²) >= 11 is 6.09. The van der Waals surface area contributed by atoms with Crippen LogP contribution in [0.2, 0.25) is 5.02 Å². The number of nitrogens with zero attached hydrogens (tertiary/aromatic N) is 2. The minimum atomic E-state index is -0.391. The highest BCUT2D eigenvalue weighted by Gasteiger charge is 2.16. The summed E-state index contributed by atoms with van der Waals surface area (Å²) in [5.74, 6) is 0.0378. The highest BCUT2D eigenvalue weighted by Crippen LogP contribution is 2.22. The van der Waals surface area contributed by atoms with Gasteiger partial charge in [-0.1, -0.05) is 23.7 Å². The minimum absolute atomic E-state index is 0.0575. The van der Waals surface area contributed by atoms with E-state index >= 15 is 0 Å². The number of hydrogen-bond donors (Lipinski definition) is 1. The van der Waals surface area contributed by atoms with E-state index in [2.05, 4.69) is 10.3 Å². The lowest BCUT2D eigenvalue weighted by molar-refractivity contribution is -0.122. The molecule has 0 bridgehead atoms. The molecule has 0 spiro atoms. The van der Waals surface area contributed by atoms with E-state index in [0.717, 1.165) is 0 Å². The molecule has 6 nitrogen and oxygen atoms in total. The number of halogens is 1. The second-order valence-corrected chi connectivity index (χ2v) is 6.89. The molecule has 27 heavy (non-hydrogen) atoms. The standard InChI is InChI=1S/C20H18ClN3O3/c1-12(2)22-18(26)10-24-19(14-4-3-5-15(21)9-14)23-17-7-6-13(11-25)8-16(17)20(24)27/h3-9,11-12H,10H2,1-2H3,(H,22,26). The van der Waals surface area contributed by atoms with Crippen molar-refractivity contribution in [1.29, 1.82) is 0 Å². The molecule has 1 N–H and O–H groups in total. The SMILES string of the molecule is CC(C)NC(=O)Cn1c(-c2cccc(Cl)c2)nc2ccc(C=O)cc2c1=O. The quantitative estimate of drug-likeness (QED) is 0.686. The second kappa shape index (κ2) is 7.72. The van der Waals surface area contributed by atoms with Crippen LogP contribution in [-0.4, -0.2) is 27.8 Å². The Morgan fingerprint density at radius 2 is 2.04 bits per heavy atom. The predicted octanol–water partition coefficient (Wildman–Crippen LogP) is 3.05. The van der Waals surface area contributed by atoms with Gasteiger partial charge in [0.2, 0.25) is 5.91 Å². The van der Waals surface area contributed by atoms with E-state index in [1.165, 1.54) is 10.6 Å². The molecule has 0 atom stereocenters. The highest BCUT2D eigenvalue weighted by atomic mass is 35.5. The van der Waals surface area contributed by atoms with E-state index in [1.807, 2.05) is 13.8 Å². The summed E-state index contributed by atoms with van der Waals surface area (Å²) in [6.07, 6.45) is 0.666. The number of nitrogens with one attached hydrogen (secondary N) is 1. The van der Waals surface area contributed by atoms with E-state index in [9.17, 15) is 14.4 Å². The third-order valence-corrected chi connectivity index (χ3v) is 4.18. The Morgan fingerprint density at radius 1 is 1.26 bits per heavy atom. The number of aldehydes is 1. The van der Waals surface area contributed by atoms with Crippen LogP contribution in [0, 0.1) is 0 Å². The Bertz CT molecular complexity index is 1090. The first-order chi connectivity index (χ1) is 12.9. The second-order valence-electron chi connectivity index (χ2n) is 6.45. The Balaban J connectivity index is 2.25. The number of amides is 1. The summed E-state index contributed by atoms with van der Waals surface area (Å²) in [5, 5.41) is 3.55. The van der Waals surface area contributed by atoms with Crippen LogP contribution in [0.1, 0.15) is 24.2 Å². The van der Waals surface area contributed by atoms with Gasteiger partial charge in [-0.05, 0) is 44.2 Å². The van der Waals surface area contributed by atoms with Crippen LogP contribution in [0.15, 0.2) is 47.3 Å². The summed E-state index contributed by atoms with van der Waals surface area (Å²) in [4.78, 5) is 41.0. The van der Waals surface area contributed by atoms with Gasteiger partial charge in [-0.3, -0.25) is 19.0 Å². The minimum Gasteiger partial charge on any atom is -0.352 e. The molecule has 7 heteroatoms. The molecule has 0 aliphatic rings. The molecule has 1 aromatic heterocycles. The van der Waals surface area contributed by atoms with E-state index in [4.69, 9.17) is 11.6 Å². The largest absolute Gasteiger partial charge is 0.352 e. The lowest BCUT2D eigenvalue weighted by Crippen LogP contribution is -2.37. The molecule has 2 aromatic carbocycles. The van der Waals surface area contributed by atoms with Crippen molar-refractivity contribution in [3.63, 3.8) is 0 Å². The average Bonchev–Trinajstić information content (AvgIpc) is 2.63. The topological polar surface area (TPSA) is 81.1 Å². The van der Waals surface area contributed by atoms with Gasteiger partial charge in [0.25, 0.3) is 5.56 Å². The van der Waals surface area contributed by atoms with Gasteiger partial charge >= 0.3 is 0 Å². The summed E-state index contributed by atoms with van der Waals surface area (Å²) in [7, 11) is 0. The zero-order valence-electron chi connectivity index (χ0n) is 14.9. The van der Waals surface area contributed by atoms with Gasteiger partial charge in [-0.25, -0.2) is 4.98 Å². The number of rotatable bonds is 5. The fourth-order valence-corrected chi connectivity index (χ4v) is 3.01. The lowest BCUT2D eigenvalue weighted by Gasteiger charge is -2.15. The summed E-state index contributed by atoms with van der Waals surface area (Å²) < 4.78 is 1.31. The van der Waals surface area contributed by atoms with Crippen molar-refractivity contribution in [2.75, 3.05) is 0 Å². The van der Waals surface area contributed by atoms with Crippen molar-refractivity contribution in [2.24, 2.45) is 0 Å². The maximum Gasteiger partial charge on any atom is 0.262 e. The first kappa shape index (κ1) is 18.8. The van der Waals surface area contributed by atoms with Gasteiger partial charge in [0.1, 0.15) is 18.7 Å². The third-order valence-electron chi connectivity index (χ3n) is 3.95. The number of carbonyl (C=O) groups excluding carboxylic acids is 2. The molecule has 1 amide bonds. The fourth-order valence-electron chi connectivity index (χ4n) is 2.82. The molecule has 3 rings (SSSR count). The predicted molar refractivity (Wildman–Crippen MR) is 105 cm³/mol. The number of benzene rings is 2. The van der Waals surface area contributed by atoms with Crippen molar-refractivity contribution >= 4 is 34.7 Å². The maximum atomic E-state index is 13.1. The Hall–Kier alpha value is -2.99. The van der Waals surface area contributed by atoms with Gasteiger partial charge in [0, 0.05) is 22.2 Å². The molecule has 0 unspecified atom stereocenters. The van der Waals surface area contributed by atoms with Crippen LogP contribution < -0.4 is 10.9 Å². The van der Waals surface area contributed by atoms with Crippen molar-refractivity contribution in [2.45, 2.75) is 26.4 Å². The van der Waals surface area contributed by atoms with E-state index < -0.39 is 5.56 Å². The molecule has 0 saturated heterocycles. The summed E-state index contributed by atoms with van der Waals surface area (Å²) in [6.45, 7) is 3.49. The monoisotopic (exact) mass is 383 g/mol. The number of hydrogen-bond acceptors (Lipinski definition) is 4. The molecular weight excluding hydrogens is 366 g/mol. The third kappa shape index (κ3) is 4.06. The van der Waals surface area contributed by atoms with Crippen LogP contribution in [0.3, 0.4) is 0 Å². The molecule has 0 aliphatic heterocycles. The Kier molecular flexibility index (Phi) is 5.37. The summed E-state index contributed by atoms with van der Waals surface area (Å²) in [6, 6.07) is 11.6. The molecule has 0 saturated carbocycles. The fraction of sp³-hybridized carbons (Fsp3) is 0.200. The van der Waals surface area contributed by atoms with Crippen LogP contribution in [0.5, 0.6) is 0 Å². The molecule has 0 fully saturated rings. The van der Waals surface area contributed by atoms with Crippen molar-refractivity contribution in [1.82, 2.24) is 14.9 Å². The highest BCUT2D eigenvalue weighted by molar-refractivity contribution is 6.30. The zero-order chi connectivity index (χ0) is 19.6. The van der Waals surface area contributed by atoms with Crippen LogP contribution in [0.25, 0.3) is 22.3 Å². The van der Waals surface area contributed by atoms with Gasteiger partial charge in [-0.15, -0.1) is 0 Å². The Labute approximate surface area is 160 Å². The molecule has 0 radical (unpaired) electrons. The summed E-state index contributed by atoms with van der Waals surface area (Å²) in [5.41, 5.74) is 1.05. The van der Waals surface area contributed by atoms with E-state index in [1.54, 1.807) is 36.4 Å². The van der Waals surface area contributed by atoms with E-state index in [0.29, 0.717) is 33.8 Å². The van der Waals surface area contributed by atoms with Crippen molar-refractivity contribution in [3.05, 3.63) is 63.4 Å². The van der Waals surface area contributed by atoms with Gasteiger partial charge in [0.05, 0.1) is 10.9 Å². The molecule has 1 heterocycles. The van der Waals surface area contributed by atoms with Gasteiger partial charge in [0.15, 0.2) is 0 Å². The van der Waals surface area contributed by atoms with Gasteiger partial charge in [-0.2, -0.15) is 0 Å². The first-order valence-corrected chi connectivity index (χ1v) is 8.82.